The number of rotatable bonds is 7. The lowest BCUT2D eigenvalue weighted by Gasteiger charge is -2.37. The summed E-state index contributed by atoms with van der Waals surface area (Å²) >= 11 is 17.5. The molecule has 0 aromatic heterocycles. The van der Waals surface area contributed by atoms with Crippen LogP contribution in [0.15, 0.2) is 53.7 Å². The van der Waals surface area contributed by atoms with Crippen molar-refractivity contribution in [2.45, 2.75) is 33.7 Å². The molecule has 1 heterocycles. The summed E-state index contributed by atoms with van der Waals surface area (Å²) in [7, 11) is 0. The molecule has 9 heteroatoms. The van der Waals surface area contributed by atoms with Gasteiger partial charge in [0.15, 0.2) is 5.11 Å². The van der Waals surface area contributed by atoms with Crippen molar-refractivity contribution in [3.05, 3.63) is 74.9 Å². The van der Waals surface area contributed by atoms with Gasteiger partial charge >= 0.3 is 5.97 Å². The molecule has 2 N–H and O–H groups in total. The van der Waals surface area contributed by atoms with E-state index in [9.17, 15) is 9.59 Å². The number of thiocarbonyl (C=S) groups is 1. The number of esters is 1. The van der Waals surface area contributed by atoms with Crippen LogP contribution in [-0.2, 0) is 9.53 Å². The highest BCUT2D eigenvalue weighted by Gasteiger charge is 2.34. The number of hydrogen-bond donors (Lipinski definition) is 2. The summed E-state index contributed by atoms with van der Waals surface area (Å²) in [5, 5.41) is 7.34. The van der Waals surface area contributed by atoms with E-state index in [1.807, 2.05) is 44.7 Å². The second kappa shape index (κ2) is 11.2. The third-order valence-corrected chi connectivity index (χ3v) is 6.44. The Morgan fingerprint density at radius 1 is 1.15 bits per heavy atom. The Morgan fingerprint density at radius 3 is 2.41 bits per heavy atom. The van der Waals surface area contributed by atoms with E-state index in [2.05, 4.69) is 10.6 Å². The third kappa shape index (κ3) is 5.90. The van der Waals surface area contributed by atoms with E-state index in [0.717, 1.165) is 11.3 Å². The minimum Gasteiger partial charge on any atom is -0.462 e. The molecule has 180 valence electrons. The van der Waals surface area contributed by atoms with Gasteiger partial charge in [0, 0.05) is 23.5 Å². The zero-order valence-corrected chi connectivity index (χ0v) is 21.8. The van der Waals surface area contributed by atoms with Crippen LogP contribution in [0.4, 0.5) is 5.69 Å². The van der Waals surface area contributed by atoms with E-state index in [4.69, 9.17) is 40.2 Å². The molecule has 1 aliphatic rings. The number of carbonyl (C=O) groups excluding carboxylic acids is 2. The molecule has 1 atom stereocenters. The van der Waals surface area contributed by atoms with Gasteiger partial charge in [0.2, 0.25) is 0 Å². The summed E-state index contributed by atoms with van der Waals surface area (Å²) in [6.45, 7) is 8.79. The molecule has 1 amide bonds. The lowest BCUT2D eigenvalue weighted by Crippen LogP contribution is -2.47. The molecule has 3 rings (SSSR count). The van der Waals surface area contributed by atoms with E-state index in [1.54, 1.807) is 24.3 Å². The van der Waals surface area contributed by atoms with Crippen LogP contribution in [0.5, 0.6) is 0 Å². The summed E-state index contributed by atoms with van der Waals surface area (Å²) in [5.74, 6) is -0.459. The first-order valence-corrected chi connectivity index (χ1v) is 12.1. The normalized spacial score (nSPS) is 15.9. The van der Waals surface area contributed by atoms with E-state index in [-0.39, 0.29) is 17.8 Å². The molecule has 0 saturated heterocycles. The molecule has 0 fully saturated rings. The zero-order chi connectivity index (χ0) is 25.0. The topological polar surface area (TPSA) is 70.7 Å². The zero-order valence-electron chi connectivity index (χ0n) is 19.4. The first-order chi connectivity index (χ1) is 16.1. The Labute approximate surface area is 215 Å². The largest absolute Gasteiger partial charge is 0.462 e. The summed E-state index contributed by atoms with van der Waals surface area (Å²) in [6.07, 6.45) is 0. The Kier molecular flexibility index (Phi) is 8.57. The van der Waals surface area contributed by atoms with Gasteiger partial charge in [-0.25, -0.2) is 4.79 Å². The molecule has 2 aromatic rings. The number of carbonyl (C=O) groups is 2. The number of benzene rings is 2. The number of ether oxygens (including phenoxy) is 1. The average Bonchev–Trinajstić information content (AvgIpc) is 2.79. The number of anilines is 1. The van der Waals surface area contributed by atoms with Crippen molar-refractivity contribution in [3.63, 3.8) is 0 Å². The van der Waals surface area contributed by atoms with E-state index in [0.29, 0.717) is 45.1 Å². The van der Waals surface area contributed by atoms with Crippen LogP contribution in [0.1, 0.15) is 49.7 Å². The maximum Gasteiger partial charge on any atom is 0.338 e. The minimum absolute atomic E-state index is 0.224. The first-order valence-electron chi connectivity index (χ1n) is 10.9. The van der Waals surface area contributed by atoms with Crippen molar-refractivity contribution in [3.8, 4) is 0 Å². The minimum atomic E-state index is -0.463. The highest BCUT2D eigenvalue weighted by Crippen LogP contribution is 2.32. The van der Waals surface area contributed by atoms with Crippen molar-refractivity contribution >= 4 is 58.1 Å². The molecule has 1 unspecified atom stereocenters. The Balaban J connectivity index is 1.84. The second-order valence-electron chi connectivity index (χ2n) is 8.32. The maximum absolute atomic E-state index is 13.0. The van der Waals surface area contributed by atoms with Crippen LogP contribution >= 0.6 is 35.4 Å². The summed E-state index contributed by atoms with van der Waals surface area (Å²) in [6, 6.07) is 11.5. The van der Waals surface area contributed by atoms with Gasteiger partial charge in [0.1, 0.15) is 0 Å². The maximum atomic E-state index is 13.0. The van der Waals surface area contributed by atoms with Gasteiger partial charge in [-0.05, 0) is 67.9 Å². The van der Waals surface area contributed by atoms with Gasteiger partial charge in [0.25, 0.3) is 5.91 Å². The number of halogens is 2. The summed E-state index contributed by atoms with van der Waals surface area (Å²) in [5.41, 5.74) is 3.09. The van der Waals surface area contributed by atoms with Crippen LogP contribution in [0.3, 0.4) is 0 Å². The number of hydrogen-bond acceptors (Lipinski definition) is 4. The molecule has 34 heavy (non-hydrogen) atoms. The number of nitrogens with zero attached hydrogens (tertiary/aromatic N) is 1. The van der Waals surface area contributed by atoms with E-state index < -0.39 is 6.04 Å². The van der Waals surface area contributed by atoms with Crippen LogP contribution in [-0.4, -0.2) is 35.0 Å². The van der Waals surface area contributed by atoms with Gasteiger partial charge in [-0.2, -0.15) is 0 Å². The molecule has 2 aromatic carbocycles. The van der Waals surface area contributed by atoms with Crippen molar-refractivity contribution in [2.24, 2.45) is 5.92 Å². The fourth-order valence-corrected chi connectivity index (χ4v) is 4.28. The smallest absolute Gasteiger partial charge is 0.338 e. The summed E-state index contributed by atoms with van der Waals surface area (Å²) in [4.78, 5) is 27.5. The van der Waals surface area contributed by atoms with Crippen molar-refractivity contribution in [2.75, 3.05) is 18.5 Å². The monoisotopic (exact) mass is 519 g/mol. The van der Waals surface area contributed by atoms with Gasteiger partial charge in [-0.3, -0.25) is 4.79 Å². The standard InChI is InChI=1S/C25H27Cl2N3O3S/c1-5-30-15(4)21(24(32)33-13-14(2)3)22(29-25(30)34)16-6-9-18(10-7-16)28-23(31)17-8-11-19(26)20(27)12-17/h6-12,14,22H,5,13H2,1-4H3,(H,28,31)(H,29,34). The van der Waals surface area contributed by atoms with Gasteiger partial charge in [-0.15, -0.1) is 0 Å². The molecule has 0 aliphatic carbocycles. The second-order valence-corrected chi connectivity index (χ2v) is 9.52. The highest BCUT2D eigenvalue weighted by atomic mass is 35.5. The van der Waals surface area contributed by atoms with Crippen LogP contribution < -0.4 is 10.6 Å². The average molecular weight is 520 g/mol. The quantitative estimate of drug-likeness (QED) is 0.346. The lowest BCUT2D eigenvalue weighted by atomic mass is 9.94. The first kappa shape index (κ1) is 26.0. The molecule has 0 bridgehead atoms. The Hall–Kier alpha value is -2.61. The molecular weight excluding hydrogens is 493 g/mol. The number of amides is 1. The predicted octanol–water partition coefficient (Wildman–Crippen LogP) is 5.97. The molecule has 6 nitrogen and oxygen atoms in total. The molecular formula is C25H27Cl2N3O3S. The van der Waals surface area contributed by atoms with Crippen molar-refractivity contribution in [1.82, 2.24) is 10.2 Å². The molecule has 0 saturated carbocycles. The van der Waals surface area contributed by atoms with Crippen molar-refractivity contribution < 1.29 is 14.3 Å². The van der Waals surface area contributed by atoms with Gasteiger partial charge < -0.3 is 20.3 Å². The SMILES string of the molecule is CCN1C(=S)NC(c2ccc(NC(=O)c3ccc(Cl)c(Cl)c3)cc2)C(C(=O)OCC(C)C)=C1C. The Morgan fingerprint density at radius 2 is 1.82 bits per heavy atom. The van der Waals surface area contributed by atoms with E-state index >= 15 is 0 Å². The number of nitrogens with one attached hydrogen (secondary N) is 2. The molecule has 1 aliphatic heterocycles. The van der Waals surface area contributed by atoms with Crippen molar-refractivity contribution in [1.29, 1.82) is 0 Å². The molecule has 0 spiro atoms. The Bertz CT molecular complexity index is 1130. The van der Waals surface area contributed by atoms with Crippen LogP contribution in [0.2, 0.25) is 10.0 Å². The lowest BCUT2D eigenvalue weighted by molar-refractivity contribution is -0.140. The van der Waals surface area contributed by atoms with Gasteiger partial charge in [-0.1, -0.05) is 49.2 Å². The highest BCUT2D eigenvalue weighted by molar-refractivity contribution is 7.80. The third-order valence-electron chi connectivity index (χ3n) is 5.36. The van der Waals surface area contributed by atoms with E-state index in [1.165, 1.54) is 6.07 Å². The van der Waals surface area contributed by atoms with Crippen LogP contribution in [0.25, 0.3) is 0 Å². The number of allylic oxidation sites excluding steroid dienone is 1. The van der Waals surface area contributed by atoms with Crippen LogP contribution in [0, 0.1) is 5.92 Å². The predicted molar refractivity (Wildman–Crippen MR) is 140 cm³/mol. The fourth-order valence-electron chi connectivity index (χ4n) is 3.60. The fraction of sp³-hybridized carbons (Fsp3) is 0.320. The van der Waals surface area contributed by atoms with Gasteiger partial charge in [0.05, 0.1) is 28.3 Å². The summed E-state index contributed by atoms with van der Waals surface area (Å²) < 4.78 is 5.55. The molecule has 0 radical (unpaired) electrons.